The Kier molecular flexibility index (Phi) is 4.79. The minimum absolute atomic E-state index is 0.0545. The van der Waals surface area contributed by atoms with Gasteiger partial charge in [-0.05, 0) is 42.3 Å². The summed E-state index contributed by atoms with van der Waals surface area (Å²) in [5, 5.41) is 0.0622. The maximum absolute atomic E-state index is 14.2. The number of rotatable bonds is 3. The smallest absolute Gasteiger partial charge is 0.159 e. The average Bonchev–Trinajstić information content (AvgIpc) is 3.34. The van der Waals surface area contributed by atoms with Gasteiger partial charge in [-0.3, -0.25) is 0 Å². The number of nitrogens with zero attached hydrogens (tertiary/aromatic N) is 1. The lowest BCUT2D eigenvalue weighted by Crippen LogP contribution is -2.43. The lowest BCUT2D eigenvalue weighted by Gasteiger charge is -2.31. The predicted octanol–water partition coefficient (Wildman–Crippen LogP) is 5.22. The van der Waals surface area contributed by atoms with Crippen LogP contribution < -0.4 is 4.74 Å². The van der Waals surface area contributed by atoms with Crippen LogP contribution in [-0.2, 0) is 23.4 Å². The standard InChI is InChI=1S/C20H20BrClFNO2S/c1-19(2,3)27(25)24-11-16(24)20(12-7-5-4-6-8-12)10-13-15(26-20)9-14(23)18(22)17(13)21/h4-9,16H,10-11H2,1-3H3. The van der Waals surface area contributed by atoms with Gasteiger partial charge in [-0.25, -0.2) is 4.39 Å². The molecule has 0 spiro atoms. The highest BCUT2D eigenvalue weighted by molar-refractivity contribution is 9.10. The molecule has 0 aliphatic carbocycles. The van der Waals surface area contributed by atoms with Crippen molar-refractivity contribution in [3.05, 3.63) is 62.8 Å². The van der Waals surface area contributed by atoms with Crippen molar-refractivity contribution in [3.63, 3.8) is 0 Å². The van der Waals surface area contributed by atoms with Crippen LogP contribution in [0.25, 0.3) is 0 Å². The zero-order valence-corrected chi connectivity index (χ0v) is 18.4. The van der Waals surface area contributed by atoms with Crippen LogP contribution in [0.4, 0.5) is 4.39 Å². The molecule has 0 radical (unpaired) electrons. The van der Waals surface area contributed by atoms with Crippen LogP contribution in [0, 0.1) is 5.82 Å². The molecule has 0 aromatic heterocycles. The number of halogens is 3. The van der Waals surface area contributed by atoms with Gasteiger partial charge in [0.15, 0.2) is 5.60 Å². The first-order chi connectivity index (χ1) is 12.6. The second-order valence-corrected chi connectivity index (χ2v) is 11.3. The topological polar surface area (TPSA) is 35.3 Å². The molecule has 1 saturated heterocycles. The van der Waals surface area contributed by atoms with Crippen molar-refractivity contribution in [2.45, 2.75) is 43.6 Å². The molecule has 4 atom stereocenters. The van der Waals surface area contributed by atoms with Crippen molar-refractivity contribution in [3.8, 4) is 5.75 Å². The third-order valence-corrected chi connectivity index (χ3v) is 8.41. The minimum atomic E-state index is -1.14. The molecule has 0 bridgehead atoms. The van der Waals surface area contributed by atoms with Gasteiger partial charge in [-0.15, -0.1) is 4.31 Å². The average molecular weight is 473 g/mol. The molecule has 0 saturated carbocycles. The molecule has 144 valence electrons. The first-order valence-corrected chi connectivity index (χ1v) is 11.0. The highest BCUT2D eigenvalue weighted by Gasteiger charge is 2.63. The summed E-state index contributed by atoms with van der Waals surface area (Å²) in [4.78, 5) is 0. The van der Waals surface area contributed by atoms with Crippen molar-refractivity contribution in [2.24, 2.45) is 0 Å². The Bertz CT molecular complexity index is 892. The third kappa shape index (κ3) is 3.19. The van der Waals surface area contributed by atoms with Gasteiger partial charge in [0.25, 0.3) is 0 Å². The fourth-order valence-corrected chi connectivity index (χ4v) is 5.73. The fourth-order valence-electron chi connectivity index (χ4n) is 3.66. The fraction of sp³-hybridized carbons (Fsp3) is 0.400. The van der Waals surface area contributed by atoms with E-state index >= 15 is 0 Å². The number of fused-ring (bicyclic) bond motifs is 1. The van der Waals surface area contributed by atoms with Crippen LogP contribution in [0.5, 0.6) is 5.75 Å². The van der Waals surface area contributed by atoms with Gasteiger partial charge in [0, 0.05) is 33.9 Å². The Morgan fingerprint density at radius 2 is 2.00 bits per heavy atom. The summed E-state index contributed by atoms with van der Waals surface area (Å²) in [6.07, 6.45) is 0.537. The van der Waals surface area contributed by atoms with E-state index in [1.54, 1.807) is 0 Å². The van der Waals surface area contributed by atoms with Crippen LogP contribution in [0.3, 0.4) is 0 Å². The van der Waals surface area contributed by atoms with E-state index < -0.39 is 22.8 Å². The van der Waals surface area contributed by atoms with E-state index in [-0.39, 0.29) is 15.8 Å². The Balaban J connectivity index is 1.77. The van der Waals surface area contributed by atoms with E-state index in [1.165, 1.54) is 6.07 Å². The van der Waals surface area contributed by atoms with Gasteiger partial charge in [0.05, 0.1) is 11.6 Å². The number of hydrogen-bond donors (Lipinski definition) is 0. The summed E-state index contributed by atoms with van der Waals surface area (Å²) in [6, 6.07) is 11.2. The van der Waals surface area contributed by atoms with E-state index in [4.69, 9.17) is 16.3 Å². The molecular weight excluding hydrogens is 453 g/mol. The van der Waals surface area contributed by atoms with E-state index in [2.05, 4.69) is 15.9 Å². The highest BCUT2D eigenvalue weighted by Crippen LogP contribution is 2.53. The summed E-state index contributed by atoms with van der Waals surface area (Å²) < 4.78 is 35.6. The molecule has 2 aliphatic heterocycles. The van der Waals surface area contributed by atoms with Gasteiger partial charge < -0.3 is 9.29 Å². The van der Waals surface area contributed by atoms with Crippen molar-refractivity contribution < 1.29 is 13.7 Å². The van der Waals surface area contributed by atoms with Crippen LogP contribution in [-0.4, -0.2) is 26.2 Å². The maximum Gasteiger partial charge on any atom is 0.159 e. The molecule has 1 fully saturated rings. The van der Waals surface area contributed by atoms with Crippen LogP contribution in [0.15, 0.2) is 40.9 Å². The van der Waals surface area contributed by atoms with Crippen molar-refractivity contribution in [1.82, 2.24) is 4.31 Å². The minimum Gasteiger partial charge on any atom is -0.597 e. The van der Waals surface area contributed by atoms with Gasteiger partial charge >= 0.3 is 0 Å². The summed E-state index contributed by atoms with van der Waals surface area (Å²) in [7, 11) is 0. The van der Waals surface area contributed by atoms with E-state index in [9.17, 15) is 8.94 Å². The van der Waals surface area contributed by atoms with Gasteiger partial charge in [-0.1, -0.05) is 41.9 Å². The molecule has 7 heteroatoms. The predicted molar refractivity (Wildman–Crippen MR) is 110 cm³/mol. The quantitative estimate of drug-likeness (QED) is 0.349. The second kappa shape index (κ2) is 6.63. The molecule has 2 aliphatic rings. The Hall–Kier alpha value is -0.790. The first-order valence-electron chi connectivity index (χ1n) is 8.75. The van der Waals surface area contributed by atoms with Gasteiger partial charge in [0.1, 0.15) is 22.4 Å². The lowest BCUT2D eigenvalue weighted by atomic mass is 9.86. The van der Waals surface area contributed by atoms with Crippen molar-refractivity contribution in [1.29, 1.82) is 0 Å². The monoisotopic (exact) mass is 471 g/mol. The van der Waals surface area contributed by atoms with E-state index in [1.807, 2.05) is 55.4 Å². The summed E-state index contributed by atoms with van der Waals surface area (Å²) in [5.41, 5.74) is 1.12. The number of ether oxygens (including phenoxy) is 1. The van der Waals surface area contributed by atoms with Crippen LogP contribution in [0.2, 0.25) is 5.02 Å². The van der Waals surface area contributed by atoms with Gasteiger partial charge in [0.2, 0.25) is 0 Å². The van der Waals surface area contributed by atoms with Crippen molar-refractivity contribution >= 4 is 38.9 Å². The Morgan fingerprint density at radius 3 is 2.63 bits per heavy atom. The number of benzene rings is 2. The summed E-state index contributed by atoms with van der Waals surface area (Å²) in [6.45, 7) is 6.55. The maximum atomic E-state index is 14.2. The van der Waals surface area contributed by atoms with E-state index in [0.717, 1.165) is 11.1 Å². The van der Waals surface area contributed by atoms with E-state index in [0.29, 0.717) is 23.2 Å². The van der Waals surface area contributed by atoms with Crippen LogP contribution in [0.1, 0.15) is 31.9 Å². The molecule has 2 aromatic rings. The molecule has 4 unspecified atom stereocenters. The molecule has 4 rings (SSSR count). The molecule has 2 heterocycles. The lowest BCUT2D eigenvalue weighted by molar-refractivity contribution is 0.0831. The van der Waals surface area contributed by atoms with Crippen molar-refractivity contribution in [2.75, 3.05) is 6.54 Å². The van der Waals surface area contributed by atoms with Crippen LogP contribution >= 0.6 is 27.5 Å². The largest absolute Gasteiger partial charge is 0.597 e. The summed E-state index contributed by atoms with van der Waals surface area (Å²) >= 11 is 8.38. The molecule has 0 amide bonds. The van der Waals surface area contributed by atoms with Gasteiger partial charge in [-0.2, -0.15) is 0 Å². The first kappa shape index (κ1) is 19.5. The molecule has 2 aromatic carbocycles. The zero-order chi connectivity index (χ0) is 19.6. The Labute approximate surface area is 175 Å². The normalized spacial score (nSPS) is 27.8. The second-order valence-electron chi connectivity index (χ2n) is 7.97. The Morgan fingerprint density at radius 1 is 1.33 bits per heavy atom. The summed E-state index contributed by atoms with van der Waals surface area (Å²) in [5.74, 6) is -0.0295. The number of hydrogen-bond acceptors (Lipinski definition) is 3. The zero-order valence-electron chi connectivity index (χ0n) is 15.3. The SMILES string of the molecule is CC(C)(C)[S+]([O-])N1CC1C1(c2ccccc2)Cc2c(cc(F)c(Cl)c2Br)O1. The third-order valence-electron chi connectivity index (χ3n) is 5.06. The molecule has 3 nitrogen and oxygen atoms in total. The molecule has 0 N–H and O–H groups in total. The highest BCUT2D eigenvalue weighted by atomic mass is 79.9. The molecule has 27 heavy (non-hydrogen) atoms. The molecular formula is C20H20BrClFNO2S.